The van der Waals surface area contributed by atoms with E-state index in [-0.39, 0.29) is 71.4 Å². The van der Waals surface area contributed by atoms with Crippen LogP contribution in [0.15, 0.2) is 122 Å². The fourth-order valence-corrected chi connectivity index (χ4v) is 8.05. The minimum atomic E-state index is -1.12. The summed E-state index contributed by atoms with van der Waals surface area (Å²) in [7, 11) is 3.25. The molecule has 2 atom stereocenters. The molecular formula is C55H60N10O11. The van der Waals surface area contributed by atoms with Gasteiger partial charge in [0.2, 0.25) is 11.8 Å². The van der Waals surface area contributed by atoms with Gasteiger partial charge in [-0.3, -0.25) is 28.8 Å². The fraction of sp³-hybridized carbons (Fsp3) is 0.255. The number of carboxylic acids is 2. The minimum absolute atomic E-state index is 0.0618. The van der Waals surface area contributed by atoms with Crippen molar-refractivity contribution in [1.82, 2.24) is 19.8 Å². The van der Waals surface area contributed by atoms with E-state index in [1.165, 1.54) is 45.5 Å². The second-order valence-electron chi connectivity index (χ2n) is 18.9. The van der Waals surface area contributed by atoms with Crippen LogP contribution in [0.25, 0.3) is 0 Å². The molecule has 0 aliphatic rings. The number of hydrogen-bond acceptors (Lipinski definition) is 9. The van der Waals surface area contributed by atoms with Crippen molar-refractivity contribution >= 4 is 87.5 Å². The molecule has 76 heavy (non-hydrogen) atoms. The summed E-state index contributed by atoms with van der Waals surface area (Å²) in [4.78, 5) is 115. The number of nitrogens with one attached hydrogen (secondary N) is 8. The van der Waals surface area contributed by atoms with Crippen LogP contribution in [0.3, 0.4) is 0 Å². The lowest BCUT2D eigenvalue weighted by Crippen LogP contribution is -2.42. The van der Waals surface area contributed by atoms with Gasteiger partial charge >= 0.3 is 18.0 Å². The Balaban J connectivity index is 0.989. The number of aliphatic carboxylic acids is 2. The number of carbonyl (C=O) groups excluding carboxylic acids is 7. The first kappa shape index (κ1) is 55.8. The van der Waals surface area contributed by atoms with E-state index in [2.05, 4.69) is 42.5 Å². The first-order valence-corrected chi connectivity index (χ1v) is 24.2. The number of carboxylic acid groups (broad SMARTS) is 2. The Hall–Kier alpha value is -9.53. The number of benzene rings is 4. The second-order valence-corrected chi connectivity index (χ2v) is 18.9. The van der Waals surface area contributed by atoms with Gasteiger partial charge in [0, 0.05) is 60.4 Å². The van der Waals surface area contributed by atoms with Gasteiger partial charge in [-0.1, -0.05) is 64.1 Å². The van der Waals surface area contributed by atoms with Crippen molar-refractivity contribution in [3.05, 3.63) is 155 Å². The Morgan fingerprint density at radius 1 is 0.434 bits per heavy atom. The molecule has 0 fully saturated rings. The molecule has 21 heteroatoms. The molecule has 0 saturated carbocycles. The highest BCUT2D eigenvalue weighted by molar-refractivity contribution is 6.10. The molecule has 10 N–H and O–H groups in total. The molecule has 0 aliphatic heterocycles. The van der Waals surface area contributed by atoms with Gasteiger partial charge < -0.3 is 61.9 Å². The van der Waals surface area contributed by atoms with Gasteiger partial charge in [0.15, 0.2) is 0 Å². The number of hydrogen-bond donors (Lipinski definition) is 10. The third-order valence-corrected chi connectivity index (χ3v) is 11.5. The second kappa shape index (κ2) is 25.4. The summed E-state index contributed by atoms with van der Waals surface area (Å²) in [6.45, 7) is 7.46. The normalized spacial score (nSPS) is 11.7. The number of anilines is 6. The Kier molecular flexibility index (Phi) is 18.7. The first-order chi connectivity index (χ1) is 36.1. The van der Waals surface area contributed by atoms with Gasteiger partial charge in [-0.05, 0) is 109 Å². The van der Waals surface area contributed by atoms with Crippen LogP contribution >= 0.6 is 0 Å². The number of urea groups is 1. The van der Waals surface area contributed by atoms with E-state index in [1.807, 2.05) is 27.7 Å². The lowest BCUT2D eigenvalue weighted by Gasteiger charge is -2.16. The van der Waals surface area contributed by atoms with Gasteiger partial charge in [0.05, 0.1) is 24.2 Å². The molecule has 4 aromatic carbocycles. The molecule has 8 amide bonds. The minimum Gasteiger partial charge on any atom is -0.480 e. The molecule has 6 rings (SSSR count). The lowest BCUT2D eigenvalue weighted by atomic mass is 10.0. The molecule has 0 saturated heterocycles. The van der Waals surface area contributed by atoms with E-state index < -0.39 is 65.5 Å². The van der Waals surface area contributed by atoms with Crippen LogP contribution in [0.1, 0.15) is 93.4 Å². The van der Waals surface area contributed by atoms with Crippen molar-refractivity contribution in [3.8, 4) is 0 Å². The Morgan fingerprint density at radius 2 is 0.776 bits per heavy atom. The summed E-state index contributed by atoms with van der Waals surface area (Å²) >= 11 is 0. The third kappa shape index (κ3) is 16.2. The highest BCUT2D eigenvalue weighted by atomic mass is 16.4. The largest absolute Gasteiger partial charge is 0.480 e. The molecule has 21 nitrogen and oxygen atoms in total. The van der Waals surface area contributed by atoms with Gasteiger partial charge in [-0.25, -0.2) is 14.4 Å². The zero-order chi connectivity index (χ0) is 55.2. The molecule has 0 aliphatic carbocycles. The number of aryl methyl sites for hydroxylation is 2. The summed E-state index contributed by atoms with van der Waals surface area (Å²) in [5.74, 6) is -5.10. The number of carbonyl (C=O) groups is 9. The topological polar surface area (TPSA) is 300 Å². The molecule has 0 spiro atoms. The Bertz CT molecular complexity index is 2970. The van der Waals surface area contributed by atoms with Crippen LogP contribution in [0.4, 0.5) is 38.9 Å². The maximum Gasteiger partial charge on any atom is 0.326 e. The molecule has 6 aromatic rings. The quantitative estimate of drug-likeness (QED) is 0.0321. The molecule has 2 aromatic heterocycles. The molecule has 0 radical (unpaired) electrons. The molecule has 0 bridgehead atoms. The molecule has 2 heterocycles. The Labute approximate surface area is 437 Å². The lowest BCUT2D eigenvalue weighted by molar-refractivity contribution is -0.142. The van der Waals surface area contributed by atoms with Crippen molar-refractivity contribution in [2.75, 3.05) is 31.9 Å². The fourth-order valence-electron chi connectivity index (χ4n) is 8.05. The van der Waals surface area contributed by atoms with E-state index in [9.17, 15) is 53.4 Å². The number of amides is 8. The average Bonchev–Trinajstić information content (AvgIpc) is 3.91. The van der Waals surface area contributed by atoms with Crippen LogP contribution in [0, 0.1) is 11.8 Å². The third-order valence-electron chi connectivity index (χ3n) is 11.5. The predicted octanol–water partition coefficient (Wildman–Crippen LogP) is 7.33. The van der Waals surface area contributed by atoms with Crippen LogP contribution in [0.2, 0.25) is 0 Å². The summed E-state index contributed by atoms with van der Waals surface area (Å²) in [5.41, 5.74) is 3.87. The van der Waals surface area contributed by atoms with E-state index in [1.54, 1.807) is 99.3 Å². The number of nitrogens with zero attached hydrogens (tertiary/aromatic N) is 2. The van der Waals surface area contributed by atoms with Gasteiger partial charge in [-0.2, -0.15) is 0 Å². The standard InChI is InChI=1S/C55H60N10O11/c1-31(2)19-43(53(72)73)62-47(66)23-33-11-7-15-37(21-33)56-51(70)45-27-41(29-64(45)5)58-49(68)35-13-9-17-39(25-35)60-55(76)61-40-18-10-14-36(26-40)50(69)59-42-28-46(65(6)30-42)52(71)57-38-16-8-12-34(22-38)24-48(67)63-44(54(74)75)20-32(3)4/h7-18,21-22,25-32,43-44H,19-20,23-24H2,1-6H3,(H,56,70)(H,57,71)(H,58,68)(H,59,69)(H,62,66)(H,63,67)(H,72,73)(H,74,75)(H2,60,61,76). The smallest absolute Gasteiger partial charge is 0.326 e. The van der Waals surface area contributed by atoms with Crippen molar-refractivity contribution < 1.29 is 53.4 Å². The molecule has 2 unspecified atom stereocenters. The van der Waals surface area contributed by atoms with E-state index in [4.69, 9.17) is 0 Å². The van der Waals surface area contributed by atoms with Crippen LogP contribution in [0.5, 0.6) is 0 Å². The monoisotopic (exact) mass is 1040 g/mol. The van der Waals surface area contributed by atoms with Crippen molar-refractivity contribution in [1.29, 1.82) is 0 Å². The first-order valence-electron chi connectivity index (χ1n) is 24.2. The summed E-state index contributed by atoms with van der Waals surface area (Å²) < 4.78 is 3.05. The Morgan fingerprint density at radius 3 is 1.13 bits per heavy atom. The SMILES string of the molecule is CC(C)CC(NC(=O)Cc1cccc(NC(=O)c2cc(NC(=O)c3cccc(NC(=O)Nc4cccc(C(=O)Nc5cc(C(=O)Nc6cccc(CC(=O)NC(CC(C)C)C(=O)O)c6)n(C)c5)c4)c3)cn2C)c1)C(=O)O. The predicted molar refractivity (Wildman–Crippen MR) is 286 cm³/mol. The van der Waals surface area contributed by atoms with Crippen molar-refractivity contribution in [2.24, 2.45) is 25.9 Å². The zero-order valence-corrected chi connectivity index (χ0v) is 42.6. The number of rotatable bonds is 22. The van der Waals surface area contributed by atoms with Gasteiger partial charge in [0.1, 0.15) is 23.5 Å². The van der Waals surface area contributed by atoms with E-state index >= 15 is 0 Å². The molecular weight excluding hydrogens is 977 g/mol. The summed E-state index contributed by atoms with van der Waals surface area (Å²) in [6.07, 6.45) is 3.47. The summed E-state index contributed by atoms with van der Waals surface area (Å²) in [5, 5.41) is 40.5. The van der Waals surface area contributed by atoms with Gasteiger partial charge in [0.25, 0.3) is 23.6 Å². The van der Waals surface area contributed by atoms with Crippen LogP contribution in [-0.4, -0.2) is 84.8 Å². The average molecular weight is 1040 g/mol. The van der Waals surface area contributed by atoms with Gasteiger partial charge in [-0.15, -0.1) is 0 Å². The van der Waals surface area contributed by atoms with Crippen LogP contribution in [-0.2, 0) is 46.1 Å². The number of aromatic nitrogens is 2. The van der Waals surface area contributed by atoms with Crippen LogP contribution < -0.4 is 42.5 Å². The highest BCUT2D eigenvalue weighted by Gasteiger charge is 2.24. The summed E-state index contributed by atoms with van der Waals surface area (Å²) in [6, 6.07) is 25.8. The van der Waals surface area contributed by atoms with Crippen molar-refractivity contribution in [2.45, 2.75) is 65.5 Å². The van der Waals surface area contributed by atoms with E-state index in [0.29, 0.717) is 33.9 Å². The zero-order valence-electron chi connectivity index (χ0n) is 42.6. The maximum absolute atomic E-state index is 13.4. The highest BCUT2D eigenvalue weighted by Crippen LogP contribution is 2.22. The maximum atomic E-state index is 13.4. The molecule has 396 valence electrons. The van der Waals surface area contributed by atoms with E-state index in [0.717, 1.165) is 0 Å². The van der Waals surface area contributed by atoms with Crippen molar-refractivity contribution in [3.63, 3.8) is 0 Å².